The van der Waals surface area contributed by atoms with Crippen LogP contribution < -0.4 is 5.32 Å². The molecule has 1 N–H and O–H groups in total. The monoisotopic (exact) mass is 512 g/mol. The van der Waals surface area contributed by atoms with Gasteiger partial charge in [0.05, 0.1) is 11.2 Å². The number of hydrogen-bond acceptors (Lipinski definition) is 4. The van der Waals surface area contributed by atoms with E-state index in [1.165, 1.54) is 0 Å². The first-order valence-electron chi connectivity index (χ1n) is 10.3. The van der Waals surface area contributed by atoms with E-state index in [2.05, 4.69) is 18.3 Å². The molecule has 4 nitrogen and oxygen atoms in total. The molecule has 0 spiro atoms. The van der Waals surface area contributed by atoms with Gasteiger partial charge in [-0.15, -0.1) is 5.10 Å². The molecule has 1 aromatic heterocycles. The minimum Gasteiger partial charge on any atom is -0.341 e. The molecule has 2 heterocycles. The number of aromatic nitrogens is 3. The molecule has 1 aliphatic rings. The van der Waals surface area contributed by atoms with Crippen molar-refractivity contribution in [3.63, 3.8) is 0 Å². The predicted molar refractivity (Wildman–Crippen MR) is 138 cm³/mol. The molecule has 4 aromatic rings. The van der Waals surface area contributed by atoms with Crippen molar-refractivity contribution >= 4 is 58.2 Å². The lowest BCUT2D eigenvalue weighted by atomic mass is 9.89. The molecule has 0 aliphatic carbocycles. The molecule has 0 bridgehead atoms. The van der Waals surface area contributed by atoms with Gasteiger partial charge in [0, 0.05) is 26.4 Å². The highest BCUT2D eigenvalue weighted by Crippen LogP contribution is 2.38. The number of fused-ring (bicyclic) bond motifs is 1. The number of benzene rings is 3. The molecule has 0 fully saturated rings. The molecule has 1 aliphatic heterocycles. The summed E-state index contributed by atoms with van der Waals surface area (Å²) in [6.45, 7) is 2.12. The Morgan fingerprint density at radius 1 is 0.848 bits per heavy atom. The molecule has 0 radical (unpaired) electrons. The second-order valence-corrected chi connectivity index (χ2v) is 10.2. The van der Waals surface area contributed by atoms with Crippen molar-refractivity contribution in [1.29, 1.82) is 0 Å². The standard InChI is InChI=1S/C25H19Cl3N4S/c1-25(18-6-12-21(28)13-7-18)14-22(17-4-10-20(27)11-5-17)32-23(30-25)29-24(31-32)33-15-16-2-8-19(26)9-3-16/h2-14H,15H2,1H3,(H,29,30,31)/t25-/m1/s1. The van der Waals surface area contributed by atoms with Crippen LogP contribution in [0.1, 0.15) is 23.6 Å². The van der Waals surface area contributed by atoms with Gasteiger partial charge >= 0.3 is 0 Å². The smallest absolute Gasteiger partial charge is 0.228 e. The number of halogens is 3. The highest BCUT2D eigenvalue weighted by Gasteiger charge is 2.33. The van der Waals surface area contributed by atoms with Crippen LogP contribution in [-0.2, 0) is 11.3 Å². The van der Waals surface area contributed by atoms with Gasteiger partial charge < -0.3 is 5.32 Å². The summed E-state index contributed by atoms with van der Waals surface area (Å²) in [7, 11) is 0. The summed E-state index contributed by atoms with van der Waals surface area (Å²) in [4.78, 5) is 4.80. The molecule has 5 rings (SSSR count). The molecule has 0 amide bonds. The summed E-state index contributed by atoms with van der Waals surface area (Å²) < 4.78 is 1.85. The Balaban J connectivity index is 1.52. The first-order chi connectivity index (χ1) is 15.9. The lowest BCUT2D eigenvalue weighted by Gasteiger charge is -2.33. The van der Waals surface area contributed by atoms with Gasteiger partial charge in [-0.25, -0.2) is 0 Å². The minimum absolute atomic E-state index is 0.499. The maximum absolute atomic E-state index is 6.14. The molecule has 0 saturated heterocycles. The van der Waals surface area contributed by atoms with E-state index in [9.17, 15) is 0 Å². The number of rotatable bonds is 5. The third kappa shape index (κ3) is 4.78. The molecule has 3 aromatic carbocycles. The quantitative estimate of drug-likeness (QED) is 0.277. The molecule has 33 heavy (non-hydrogen) atoms. The summed E-state index contributed by atoms with van der Waals surface area (Å²) in [5, 5.41) is 11.2. The fourth-order valence-corrected chi connectivity index (χ4v) is 4.87. The molecule has 8 heteroatoms. The van der Waals surface area contributed by atoms with Gasteiger partial charge in [-0.2, -0.15) is 9.67 Å². The third-order valence-corrected chi connectivity index (χ3v) is 7.14. The Hall–Kier alpha value is -2.44. The number of nitrogens with one attached hydrogen (secondary N) is 1. The van der Waals surface area contributed by atoms with Crippen molar-refractivity contribution in [1.82, 2.24) is 14.8 Å². The maximum atomic E-state index is 6.14. The number of anilines is 1. The summed E-state index contributed by atoms with van der Waals surface area (Å²) in [6.07, 6.45) is 2.16. The van der Waals surface area contributed by atoms with Crippen molar-refractivity contribution in [2.24, 2.45) is 0 Å². The Kier molecular flexibility index (Phi) is 6.14. The van der Waals surface area contributed by atoms with Gasteiger partial charge in [0.2, 0.25) is 11.1 Å². The highest BCUT2D eigenvalue weighted by atomic mass is 35.5. The van der Waals surface area contributed by atoms with Gasteiger partial charge in [0.25, 0.3) is 0 Å². The lowest BCUT2D eigenvalue weighted by molar-refractivity contribution is 0.650. The van der Waals surface area contributed by atoms with E-state index in [1.807, 2.05) is 77.5 Å². The highest BCUT2D eigenvalue weighted by molar-refractivity contribution is 7.98. The van der Waals surface area contributed by atoms with Crippen LogP contribution in [0, 0.1) is 0 Å². The van der Waals surface area contributed by atoms with Crippen LogP contribution in [0.5, 0.6) is 0 Å². The van der Waals surface area contributed by atoms with Crippen LogP contribution in [0.15, 0.2) is 84.0 Å². The van der Waals surface area contributed by atoms with Crippen LogP contribution in [0.4, 0.5) is 5.95 Å². The van der Waals surface area contributed by atoms with Crippen LogP contribution in [0.3, 0.4) is 0 Å². The van der Waals surface area contributed by atoms with E-state index in [1.54, 1.807) is 11.8 Å². The predicted octanol–water partition coefficient (Wildman–Crippen LogP) is 7.76. The van der Waals surface area contributed by atoms with Crippen LogP contribution in [0.25, 0.3) is 5.70 Å². The first kappa shape index (κ1) is 22.4. The van der Waals surface area contributed by atoms with Gasteiger partial charge in [-0.3, -0.25) is 0 Å². The minimum atomic E-state index is -0.499. The SMILES string of the molecule is C[C@]1(c2ccc(Cl)cc2)C=C(c2ccc(Cl)cc2)n2nc(SCc3ccc(Cl)cc3)nc2N1. The Morgan fingerprint density at radius 2 is 1.42 bits per heavy atom. The Morgan fingerprint density at radius 3 is 2.06 bits per heavy atom. The first-order valence-corrected chi connectivity index (χ1v) is 12.4. The van der Waals surface area contributed by atoms with Crippen LogP contribution in [-0.4, -0.2) is 14.8 Å². The summed E-state index contributed by atoms with van der Waals surface area (Å²) in [5.74, 6) is 1.42. The second-order valence-electron chi connectivity index (χ2n) is 7.92. The number of hydrogen-bond donors (Lipinski definition) is 1. The molecule has 1 atom stereocenters. The summed E-state index contributed by atoms with van der Waals surface area (Å²) in [5.41, 5.74) is 3.67. The summed E-state index contributed by atoms with van der Waals surface area (Å²) >= 11 is 19.9. The fourth-order valence-electron chi connectivity index (χ4n) is 3.71. The number of thioether (sulfide) groups is 1. The molecule has 166 valence electrons. The van der Waals surface area contributed by atoms with Crippen molar-refractivity contribution in [3.05, 3.63) is 111 Å². The molecular weight excluding hydrogens is 495 g/mol. The van der Waals surface area contributed by atoms with Crippen molar-refractivity contribution < 1.29 is 0 Å². The van der Waals surface area contributed by atoms with E-state index in [0.29, 0.717) is 21.2 Å². The lowest BCUT2D eigenvalue weighted by Crippen LogP contribution is -2.35. The van der Waals surface area contributed by atoms with Gasteiger partial charge in [0.15, 0.2) is 0 Å². The maximum Gasteiger partial charge on any atom is 0.228 e. The van der Waals surface area contributed by atoms with E-state index in [4.69, 9.17) is 44.9 Å². The zero-order valence-corrected chi connectivity index (χ0v) is 20.7. The van der Waals surface area contributed by atoms with E-state index >= 15 is 0 Å². The average Bonchev–Trinajstić information content (AvgIpc) is 3.21. The third-order valence-electron chi connectivity index (χ3n) is 5.48. The van der Waals surface area contributed by atoms with Crippen molar-refractivity contribution in [3.8, 4) is 0 Å². The second kappa shape index (κ2) is 9.07. The molecule has 0 saturated carbocycles. The van der Waals surface area contributed by atoms with Gasteiger partial charge in [0.1, 0.15) is 0 Å². The largest absolute Gasteiger partial charge is 0.341 e. The van der Waals surface area contributed by atoms with E-state index < -0.39 is 5.54 Å². The fraction of sp³-hybridized carbons (Fsp3) is 0.120. The number of nitrogens with zero attached hydrogens (tertiary/aromatic N) is 3. The summed E-state index contributed by atoms with van der Waals surface area (Å²) in [6, 6.07) is 23.4. The zero-order valence-electron chi connectivity index (χ0n) is 17.6. The van der Waals surface area contributed by atoms with Crippen LogP contribution >= 0.6 is 46.6 Å². The Labute approximate surface area is 211 Å². The van der Waals surface area contributed by atoms with E-state index in [-0.39, 0.29) is 0 Å². The average molecular weight is 514 g/mol. The topological polar surface area (TPSA) is 42.7 Å². The molecular formula is C25H19Cl3N4S. The van der Waals surface area contributed by atoms with Crippen molar-refractivity contribution in [2.75, 3.05) is 5.32 Å². The van der Waals surface area contributed by atoms with Crippen molar-refractivity contribution in [2.45, 2.75) is 23.4 Å². The molecule has 0 unspecified atom stereocenters. The van der Waals surface area contributed by atoms with Crippen LogP contribution in [0.2, 0.25) is 15.1 Å². The normalized spacial score (nSPS) is 17.3. The van der Waals surface area contributed by atoms with Gasteiger partial charge in [-0.1, -0.05) is 83.0 Å². The van der Waals surface area contributed by atoms with E-state index in [0.717, 1.165) is 33.2 Å². The Bertz CT molecular complexity index is 1320. The zero-order chi connectivity index (χ0) is 23.0. The van der Waals surface area contributed by atoms with Gasteiger partial charge in [-0.05, 0) is 60.5 Å².